The Morgan fingerprint density at radius 2 is 2.11 bits per heavy atom. The minimum Gasteiger partial charge on any atom is -0.309 e. The van der Waals surface area contributed by atoms with Crippen molar-refractivity contribution in [1.82, 2.24) is 20.1 Å². The highest BCUT2D eigenvalue weighted by atomic mass is 15.3. The van der Waals surface area contributed by atoms with Crippen molar-refractivity contribution < 1.29 is 0 Å². The molecule has 18 heavy (non-hydrogen) atoms. The predicted molar refractivity (Wildman–Crippen MR) is 73.1 cm³/mol. The fourth-order valence-electron chi connectivity index (χ4n) is 2.80. The Morgan fingerprint density at radius 1 is 1.39 bits per heavy atom. The van der Waals surface area contributed by atoms with E-state index < -0.39 is 0 Å². The minimum absolute atomic E-state index is 0.503. The molecule has 0 unspecified atom stereocenters. The molecule has 0 radical (unpaired) electrons. The van der Waals surface area contributed by atoms with Crippen LogP contribution in [0.3, 0.4) is 0 Å². The van der Waals surface area contributed by atoms with Crippen molar-refractivity contribution in [2.45, 2.75) is 59.5 Å². The molecule has 0 aliphatic heterocycles. The lowest BCUT2D eigenvalue weighted by Crippen LogP contribution is -2.30. The molecule has 1 heterocycles. The number of hydrogen-bond donors (Lipinski definition) is 1. The zero-order valence-corrected chi connectivity index (χ0v) is 11.9. The fraction of sp³-hybridized carbons (Fsp3) is 0.857. The number of nitrogens with zero attached hydrogens (tertiary/aromatic N) is 3. The summed E-state index contributed by atoms with van der Waals surface area (Å²) in [6, 6.07) is 0. The molecule has 4 nitrogen and oxygen atoms in total. The number of hydrogen-bond acceptors (Lipinski definition) is 3. The van der Waals surface area contributed by atoms with E-state index in [-0.39, 0.29) is 0 Å². The fourth-order valence-corrected chi connectivity index (χ4v) is 2.80. The summed E-state index contributed by atoms with van der Waals surface area (Å²) in [5.41, 5.74) is 0.503. The summed E-state index contributed by atoms with van der Waals surface area (Å²) in [5, 5.41) is 7.85. The van der Waals surface area contributed by atoms with Crippen LogP contribution in [0.1, 0.15) is 52.3 Å². The van der Waals surface area contributed by atoms with Crippen molar-refractivity contribution in [3.8, 4) is 0 Å². The quantitative estimate of drug-likeness (QED) is 0.844. The highest BCUT2D eigenvalue weighted by Gasteiger charge is 2.27. The summed E-state index contributed by atoms with van der Waals surface area (Å²) >= 11 is 0. The number of aromatic nitrogens is 3. The molecular formula is C14H26N4. The van der Waals surface area contributed by atoms with E-state index >= 15 is 0 Å². The van der Waals surface area contributed by atoms with Crippen LogP contribution in [0, 0.1) is 11.3 Å². The first-order valence-electron chi connectivity index (χ1n) is 7.16. The van der Waals surface area contributed by atoms with E-state index in [1.54, 1.807) is 6.33 Å². The van der Waals surface area contributed by atoms with E-state index in [0.717, 1.165) is 25.5 Å². The number of nitrogens with one attached hydrogen (secondary N) is 1. The second-order valence-corrected chi connectivity index (χ2v) is 6.37. The van der Waals surface area contributed by atoms with Crippen molar-refractivity contribution >= 4 is 0 Å². The summed E-state index contributed by atoms with van der Waals surface area (Å²) < 4.78 is 2.02. The van der Waals surface area contributed by atoms with E-state index in [0.29, 0.717) is 11.3 Å². The van der Waals surface area contributed by atoms with E-state index in [4.69, 9.17) is 0 Å². The topological polar surface area (TPSA) is 42.7 Å². The zero-order chi connectivity index (χ0) is 13.0. The third kappa shape index (κ3) is 3.55. The van der Waals surface area contributed by atoms with Gasteiger partial charge in [-0.15, -0.1) is 0 Å². The molecule has 1 aromatic rings. The van der Waals surface area contributed by atoms with E-state index in [2.05, 4.69) is 36.2 Å². The average Bonchev–Trinajstić information content (AvgIpc) is 2.89. The SMILES string of the molecule is CC(C)Cn1ncnc1CNCC1(C)CCCC1. The average molecular weight is 250 g/mol. The Balaban J connectivity index is 1.81. The third-order valence-corrected chi connectivity index (χ3v) is 3.88. The minimum atomic E-state index is 0.503. The Morgan fingerprint density at radius 3 is 2.78 bits per heavy atom. The smallest absolute Gasteiger partial charge is 0.140 e. The third-order valence-electron chi connectivity index (χ3n) is 3.88. The molecule has 0 bridgehead atoms. The second kappa shape index (κ2) is 5.83. The monoisotopic (exact) mass is 250 g/mol. The number of rotatable bonds is 6. The van der Waals surface area contributed by atoms with Crippen molar-refractivity contribution in [2.24, 2.45) is 11.3 Å². The van der Waals surface area contributed by atoms with E-state index in [9.17, 15) is 0 Å². The van der Waals surface area contributed by atoms with Crippen LogP contribution in [0.2, 0.25) is 0 Å². The van der Waals surface area contributed by atoms with Gasteiger partial charge in [0.25, 0.3) is 0 Å². The molecular weight excluding hydrogens is 224 g/mol. The van der Waals surface area contributed by atoms with Crippen molar-refractivity contribution in [3.63, 3.8) is 0 Å². The molecule has 1 saturated carbocycles. The summed E-state index contributed by atoms with van der Waals surface area (Å²) in [6.45, 7) is 9.70. The Labute approximate surface area is 110 Å². The van der Waals surface area contributed by atoms with Crippen LogP contribution in [0.4, 0.5) is 0 Å². The van der Waals surface area contributed by atoms with Gasteiger partial charge in [0.1, 0.15) is 12.2 Å². The van der Waals surface area contributed by atoms with Crippen LogP contribution in [0.25, 0.3) is 0 Å². The first kappa shape index (κ1) is 13.5. The molecule has 0 saturated heterocycles. The molecule has 102 valence electrons. The highest BCUT2D eigenvalue weighted by molar-refractivity contribution is 4.87. The van der Waals surface area contributed by atoms with Gasteiger partial charge in [0.2, 0.25) is 0 Å². The lowest BCUT2D eigenvalue weighted by Gasteiger charge is -2.23. The normalized spacial score (nSPS) is 18.7. The molecule has 4 heteroatoms. The molecule has 1 aliphatic rings. The van der Waals surface area contributed by atoms with Gasteiger partial charge in [-0.1, -0.05) is 33.6 Å². The Hall–Kier alpha value is -0.900. The zero-order valence-electron chi connectivity index (χ0n) is 11.9. The van der Waals surface area contributed by atoms with Gasteiger partial charge < -0.3 is 5.32 Å². The van der Waals surface area contributed by atoms with Crippen LogP contribution >= 0.6 is 0 Å². The molecule has 0 spiro atoms. The Kier molecular flexibility index (Phi) is 4.38. The van der Waals surface area contributed by atoms with Crippen molar-refractivity contribution in [1.29, 1.82) is 0 Å². The van der Waals surface area contributed by atoms with Gasteiger partial charge in [-0.25, -0.2) is 9.67 Å². The maximum atomic E-state index is 4.35. The lowest BCUT2D eigenvalue weighted by atomic mass is 9.89. The maximum absolute atomic E-state index is 4.35. The summed E-state index contributed by atoms with van der Waals surface area (Å²) in [7, 11) is 0. The van der Waals surface area contributed by atoms with Crippen molar-refractivity contribution in [2.75, 3.05) is 6.54 Å². The molecule has 0 aromatic carbocycles. The van der Waals surface area contributed by atoms with Gasteiger partial charge in [0, 0.05) is 13.1 Å². The molecule has 1 fully saturated rings. The standard InChI is InChI=1S/C14H26N4/c1-12(2)9-18-13(16-11-17-18)8-15-10-14(3)6-4-5-7-14/h11-12,15H,4-10H2,1-3H3. The van der Waals surface area contributed by atoms with E-state index in [1.807, 2.05) is 4.68 Å². The lowest BCUT2D eigenvalue weighted by molar-refractivity contribution is 0.311. The largest absolute Gasteiger partial charge is 0.309 e. The summed E-state index contributed by atoms with van der Waals surface area (Å²) in [4.78, 5) is 4.35. The van der Waals surface area contributed by atoms with Crippen LogP contribution in [-0.2, 0) is 13.1 Å². The van der Waals surface area contributed by atoms with Gasteiger partial charge in [0.05, 0.1) is 6.54 Å². The van der Waals surface area contributed by atoms with Gasteiger partial charge in [-0.3, -0.25) is 0 Å². The van der Waals surface area contributed by atoms with Crippen LogP contribution < -0.4 is 5.32 Å². The Bertz CT molecular complexity index is 364. The summed E-state index contributed by atoms with van der Waals surface area (Å²) in [6.07, 6.45) is 7.16. The van der Waals surface area contributed by atoms with Crippen molar-refractivity contribution in [3.05, 3.63) is 12.2 Å². The molecule has 0 amide bonds. The molecule has 1 aromatic heterocycles. The van der Waals surface area contributed by atoms with Gasteiger partial charge in [-0.05, 0) is 24.2 Å². The van der Waals surface area contributed by atoms with Crippen LogP contribution in [0.5, 0.6) is 0 Å². The highest BCUT2D eigenvalue weighted by Crippen LogP contribution is 2.36. The molecule has 2 rings (SSSR count). The summed E-state index contributed by atoms with van der Waals surface area (Å²) in [5.74, 6) is 1.67. The van der Waals surface area contributed by atoms with Crippen LogP contribution in [-0.4, -0.2) is 21.3 Å². The van der Waals surface area contributed by atoms with Gasteiger partial charge in [0.15, 0.2) is 0 Å². The van der Waals surface area contributed by atoms with Gasteiger partial charge in [-0.2, -0.15) is 5.10 Å². The first-order valence-corrected chi connectivity index (χ1v) is 7.16. The second-order valence-electron chi connectivity index (χ2n) is 6.37. The first-order chi connectivity index (χ1) is 8.59. The predicted octanol–water partition coefficient (Wildman–Crippen LogP) is 2.60. The molecule has 1 N–H and O–H groups in total. The molecule has 1 aliphatic carbocycles. The maximum Gasteiger partial charge on any atom is 0.140 e. The van der Waals surface area contributed by atoms with Gasteiger partial charge >= 0.3 is 0 Å². The van der Waals surface area contributed by atoms with E-state index in [1.165, 1.54) is 25.7 Å². The molecule has 0 atom stereocenters. The van der Waals surface area contributed by atoms with Crippen LogP contribution in [0.15, 0.2) is 6.33 Å².